The number of carbonyl (C=O) groups excluding carboxylic acids is 1. The lowest BCUT2D eigenvalue weighted by Crippen LogP contribution is -2.22. The third-order valence-corrected chi connectivity index (χ3v) is 5.81. The van der Waals surface area contributed by atoms with E-state index in [1.807, 2.05) is 36.4 Å². The van der Waals surface area contributed by atoms with Crippen LogP contribution >= 0.6 is 0 Å². The molecule has 3 aromatic carbocycles. The van der Waals surface area contributed by atoms with Gasteiger partial charge in [-0.1, -0.05) is 56.3 Å². The van der Waals surface area contributed by atoms with Crippen LogP contribution in [0.2, 0.25) is 0 Å². The van der Waals surface area contributed by atoms with Gasteiger partial charge in [-0.2, -0.15) is 0 Å². The number of nitrogens with zero attached hydrogens (tertiary/aromatic N) is 1. The summed E-state index contributed by atoms with van der Waals surface area (Å²) in [6.45, 7) is 6.35. The van der Waals surface area contributed by atoms with E-state index in [0.29, 0.717) is 11.7 Å². The van der Waals surface area contributed by atoms with Crippen LogP contribution in [0.15, 0.2) is 72.8 Å². The molecule has 4 nitrogen and oxygen atoms in total. The van der Waals surface area contributed by atoms with Gasteiger partial charge in [0.05, 0.1) is 0 Å². The molecule has 4 heteroatoms. The fraction of sp³-hybridized carbons (Fsp3) is 0.296. The van der Waals surface area contributed by atoms with Gasteiger partial charge in [0.15, 0.2) is 0 Å². The number of rotatable bonds is 7. The molecule has 0 saturated carbocycles. The highest BCUT2D eigenvalue weighted by Gasteiger charge is 2.19. The van der Waals surface area contributed by atoms with E-state index in [4.69, 9.17) is 4.74 Å². The van der Waals surface area contributed by atoms with E-state index in [-0.39, 0.29) is 0 Å². The molecule has 0 atom stereocenters. The van der Waals surface area contributed by atoms with Crippen molar-refractivity contribution < 1.29 is 9.53 Å². The van der Waals surface area contributed by atoms with E-state index < -0.39 is 6.09 Å². The van der Waals surface area contributed by atoms with Crippen molar-refractivity contribution in [3.05, 3.63) is 89.5 Å². The summed E-state index contributed by atoms with van der Waals surface area (Å²) in [6, 6.07) is 24.5. The third-order valence-electron chi connectivity index (χ3n) is 5.81. The summed E-state index contributed by atoms with van der Waals surface area (Å²) in [4.78, 5) is 14.7. The standard InChI is InChI=1S/C27H30N2O2/c1-20(2)22-10-12-24(13-11-22)28-27(30)31-25-14-15-26-23(19-25)16-18-29(26)17-6-9-21-7-4-3-5-8-21/h3-5,7-8,10-15,19-20H,6,9,16-18H2,1-2H3,(H,28,30). The molecule has 1 aliphatic heterocycles. The number of hydrogen-bond donors (Lipinski definition) is 1. The van der Waals surface area contributed by atoms with Gasteiger partial charge in [-0.15, -0.1) is 0 Å². The van der Waals surface area contributed by atoms with E-state index in [1.165, 1.54) is 22.4 Å². The summed E-state index contributed by atoms with van der Waals surface area (Å²) < 4.78 is 5.53. The molecule has 1 aliphatic rings. The van der Waals surface area contributed by atoms with Crippen molar-refractivity contribution >= 4 is 17.5 Å². The Hall–Kier alpha value is -3.27. The van der Waals surface area contributed by atoms with E-state index in [9.17, 15) is 4.79 Å². The van der Waals surface area contributed by atoms with Crippen molar-refractivity contribution in [1.82, 2.24) is 0 Å². The first kappa shape index (κ1) is 21.0. The van der Waals surface area contributed by atoms with E-state index in [0.717, 1.165) is 38.0 Å². The van der Waals surface area contributed by atoms with Crippen LogP contribution in [-0.4, -0.2) is 19.2 Å². The average Bonchev–Trinajstić information content (AvgIpc) is 3.17. The molecular weight excluding hydrogens is 384 g/mol. The molecule has 0 spiro atoms. The van der Waals surface area contributed by atoms with Crippen LogP contribution < -0.4 is 15.0 Å². The first-order chi connectivity index (χ1) is 15.1. The largest absolute Gasteiger partial charge is 0.417 e. The summed E-state index contributed by atoms with van der Waals surface area (Å²) in [5, 5.41) is 2.80. The third kappa shape index (κ3) is 5.46. The lowest BCUT2D eigenvalue weighted by molar-refractivity contribution is 0.215. The van der Waals surface area contributed by atoms with Crippen LogP contribution in [-0.2, 0) is 12.8 Å². The Bertz CT molecular complexity index is 1010. The number of carbonyl (C=O) groups is 1. The number of benzene rings is 3. The molecule has 1 N–H and O–H groups in total. The molecule has 160 valence electrons. The topological polar surface area (TPSA) is 41.6 Å². The summed E-state index contributed by atoms with van der Waals surface area (Å²) in [5.41, 5.74) is 5.86. The lowest BCUT2D eigenvalue weighted by atomic mass is 10.0. The molecule has 1 amide bonds. The van der Waals surface area contributed by atoms with Crippen LogP contribution in [0, 0.1) is 0 Å². The van der Waals surface area contributed by atoms with Gasteiger partial charge >= 0.3 is 6.09 Å². The number of ether oxygens (including phenoxy) is 1. The van der Waals surface area contributed by atoms with Gasteiger partial charge in [0.1, 0.15) is 5.75 Å². The lowest BCUT2D eigenvalue weighted by Gasteiger charge is -2.19. The van der Waals surface area contributed by atoms with Gasteiger partial charge in [-0.05, 0) is 72.2 Å². The minimum atomic E-state index is -0.463. The number of hydrogen-bond acceptors (Lipinski definition) is 3. The second-order valence-electron chi connectivity index (χ2n) is 8.41. The summed E-state index contributed by atoms with van der Waals surface area (Å²) in [5.74, 6) is 1.05. The number of nitrogens with one attached hydrogen (secondary N) is 1. The molecule has 1 heterocycles. The number of aryl methyl sites for hydroxylation is 1. The molecule has 0 saturated heterocycles. The highest BCUT2D eigenvalue weighted by Crippen LogP contribution is 2.31. The number of amides is 1. The molecule has 31 heavy (non-hydrogen) atoms. The fourth-order valence-electron chi connectivity index (χ4n) is 4.06. The molecule has 4 rings (SSSR count). The first-order valence-corrected chi connectivity index (χ1v) is 11.1. The molecule has 0 bridgehead atoms. The van der Waals surface area contributed by atoms with Gasteiger partial charge in [-0.25, -0.2) is 4.79 Å². The predicted molar refractivity (Wildman–Crippen MR) is 127 cm³/mol. The average molecular weight is 415 g/mol. The maximum Gasteiger partial charge on any atom is 0.417 e. The SMILES string of the molecule is CC(C)c1ccc(NC(=O)Oc2ccc3c(c2)CCN3CCCc2ccccc2)cc1. The second kappa shape index (κ2) is 9.69. The molecule has 0 aliphatic carbocycles. The first-order valence-electron chi connectivity index (χ1n) is 11.1. The number of fused-ring (bicyclic) bond motifs is 1. The second-order valence-corrected chi connectivity index (χ2v) is 8.41. The van der Waals surface area contributed by atoms with Crippen molar-refractivity contribution in [2.75, 3.05) is 23.3 Å². The normalized spacial score (nSPS) is 12.7. The molecular formula is C27H30N2O2. The van der Waals surface area contributed by atoms with Gasteiger partial charge < -0.3 is 9.64 Å². The van der Waals surface area contributed by atoms with Gasteiger partial charge in [0.25, 0.3) is 0 Å². The van der Waals surface area contributed by atoms with E-state index in [1.54, 1.807) is 0 Å². The van der Waals surface area contributed by atoms with Crippen LogP contribution in [0.4, 0.5) is 16.2 Å². The van der Waals surface area contributed by atoms with Gasteiger partial charge in [0, 0.05) is 24.5 Å². The van der Waals surface area contributed by atoms with Gasteiger partial charge in [0.2, 0.25) is 0 Å². The quantitative estimate of drug-likeness (QED) is 0.485. The zero-order chi connectivity index (χ0) is 21.6. The summed E-state index contributed by atoms with van der Waals surface area (Å²) >= 11 is 0. The molecule has 0 unspecified atom stereocenters. The van der Waals surface area contributed by atoms with Crippen molar-refractivity contribution in [2.45, 2.75) is 39.0 Å². The smallest absolute Gasteiger partial charge is 0.410 e. The van der Waals surface area contributed by atoms with Crippen LogP contribution in [0.25, 0.3) is 0 Å². The zero-order valence-electron chi connectivity index (χ0n) is 18.3. The predicted octanol–water partition coefficient (Wildman–Crippen LogP) is 6.42. The van der Waals surface area contributed by atoms with Gasteiger partial charge in [-0.3, -0.25) is 5.32 Å². The van der Waals surface area contributed by atoms with Crippen LogP contribution in [0.1, 0.15) is 42.9 Å². The van der Waals surface area contributed by atoms with E-state index in [2.05, 4.69) is 60.5 Å². The molecule has 0 radical (unpaired) electrons. The number of anilines is 2. The van der Waals surface area contributed by atoms with Crippen molar-refractivity contribution in [1.29, 1.82) is 0 Å². The minimum Gasteiger partial charge on any atom is -0.410 e. The summed E-state index contributed by atoms with van der Waals surface area (Å²) in [6.07, 6.45) is 2.73. The molecule has 0 fully saturated rings. The van der Waals surface area contributed by atoms with Crippen LogP contribution in [0.3, 0.4) is 0 Å². The van der Waals surface area contributed by atoms with Crippen molar-refractivity contribution in [3.63, 3.8) is 0 Å². The minimum absolute atomic E-state index is 0.463. The maximum atomic E-state index is 12.3. The molecule has 3 aromatic rings. The fourth-order valence-corrected chi connectivity index (χ4v) is 4.06. The van der Waals surface area contributed by atoms with Crippen molar-refractivity contribution in [2.24, 2.45) is 0 Å². The Balaban J connectivity index is 1.30. The Labute approximate surface area is 184 Å². The molecule has 0 aromatic heterocycles. The maximum absolute atomic E-state index is 12.3. The monoisotopic (exact) mass is 414 g/mol. The Morgan fingerprint density at radius 2 is 1.81 bits per heavy atom. The van der Waals surface area contributed by atoms with Crippen molar-refractivity contribution in [3.8, 4) is 5.75 Å². The van der Waals surface area contributed by atoms with E-state index >= 15 is 0 Å². The zero-order valence-corrected chi connectivity index (χ0v) is 18.3. The Kier molecular flexibility index (Phi) is 6.56. The highest BCUT2D eigenvalue weighted by atomic mass is 16.6. The highest BCUT2D eigenvalue weighted by molar-refractivity contribution is 5.86. The van der Waals surface area contributed by atoms with Crippen LogP contribution in [0.5, 0.6) is 5.75 Å². The summed E-state index contributed by atoms with van der Waals surface area (Å²) in [7, 11) is 0. The Morgan fingerprint density at radius 3 is 2.55 bits per heavy atom. The Morgan fingerprint density at radius 1 is 1.03 bits per heavy atom.